The van der Waals surface area contributed by atoms with Crippen molar-refractivity contribution in [2.24, 2.45) is 5.92 Å². The molecule has 5 aromatic heterocycles. The number of carbonyl (C=O) groups excluding carboxylic acids is 1. The van der Waals surface area contributed by atoms with Crippen LogP contribution in [0.15, 0.2) is 81.2 Å². The maximum absolute atomic E-state index is 15.6. The number of imidazole rings is 1. The van der Waals surface area contributed by atoms with E-state index in [0.717, 1.165) is 40.3 Å². The Hall–Kier alpha value is -7.01. The number of rotatable bonds is 7. The maximum Gasteiger partial charge on any atom is 0.438 e. The van der Waals surface area contributed by atoms with Gasteiger partial charge in [-0.1, -0.05) is 18.1 Å². The van der Waals surface area contributed by atoms with Gasteiger partial charge in [0.1, 0.15) is 40.7 Å². The van der Waals surface area contributed by atoms with Gasteiger partial charge in [-0.25, -0.2) is 18.7 Å². The van der Waals surface area contributed by atoms with Crippen LogP contribution < -0.4 is 16.2 Å². The number of nitrogens with one attached hydrogen (secondary N) is 1. The lowest BCUT2D eigenvalue weighted by Crippen LogP contribution is -2.41. The number of halogens is 1. The summed E-state index contributed by atoms with van der Waals surface area (Å²) in [5, 5.41) is 15.6. The molecule has 0 spiro atoms. The number of hydrogen-bond acceptors (Lipinski definition) is 9. The summed E-state index contributed by atoms with van der Waals surface area (Å²) in [6.07, 6.45) is 7.98. The van der Waals surface area contributed by atoms with Gasteiger partial charge in [0.05, 0.1) is 41.5 Å². The molecule has 4 aliphatic rings. The lowest BCUT2D eigenvalue weighted by atomic mass is 9.83. The van der Waals surface area contributed by atoms with E-state index in [-0.39, 0.29) is 34.9 Å². The molecule has 3 aliphatic heterocycles. The second kappa shape index (κ2) is 14.2. The molecule has 1 N–H and O–H groups in total. The quantitative estimate of drug-likeness (QED) is 0.175. The predicted octanol–water partition coefficient (Wildman–Crippen LogP) is 7.16. The van der Waals surface area contributed by atoms with Gasteiger partial charge in [0, 0.05) is 59.9 Å². The van der Waals surface area contributed by atoms with Crippen LogP contribution in [0.2, 0.25) is 0 Å². The molecule has 16 nitrogen and oxygen atoms in total. The zero-order valence-electron chi connectivity index (χ0n) is 37.6. The van der Waals surface area contributed by atoms with Crippen LogP contribution in [0, 0.1) is 25.6 Å². The molecule has 8 aromatic rings. The SMILES string of the molecule is Cc1cc(-n2nc3c(c2-n2ccn(-c4cc5c6c(cnn6CCO5)c4)c2=O)[C@H](C)N(C(=O)c2cc4cc([C@H]5CCOC(C)(C)C5)ccc4n2[C@@]2(c4noc(=O)[nH]4)C[C@@H]2C)CC3)cc(C)c1F. The summed E-state index contributed by atoms with van der Waals surface area (Å²) in [7, 11) is 0. The van der Waals surface area contributed by atoms with E-state index in [4.69, 9.17) is 19.1 Å². The third kappa shape index (κ3) is 5.97. The molecular formula is C49H49FN10O6. The molecule has 3 aromatic carbocycles. The van der Waals surface area contributed by atoms with Gasteiger partial charge < -0.3 is 18.9 Å². The number of hydrogen-bond donors (Lipinski definition) is 1. The van der Waals surface area contributed by atoms with Crippen LogP contribution in [0.5, 0.6) is 5.75 Å². The fraction of sp³-hybridized carbons (Fsp3) is 0.388. The fourth-order valence-corrected chi connectivity index (χ4v) is 11.3. The average molecular weight is 893 g/mol. The number of amides is 1. The van der Waals surface area contributed by atoms with Crippen molar-refractivity contribution in [3.8, 4) is 22.9 Å². The lowest BCUT2D eigenvalue weighted by molar-refractivity contribution is -0.0592. The minimum atomic E-state index is -0.832. The first-order valence-electron chi connectivity index (χ1n) is 22.7. The highest BCUT2D eigenvalue weighted by Gasteiger charge is 2.59. The second-order valence-corrected chi connectivity index (χ2v) is 19.3. The summed E-state index contributed by atoms with van der Waals surface area (Å²) in [5.74, 6) is 0.583. The Balaban J connectivity index is 0.999. The smallest absolute Gasteiger partial charge is 0.438 e. The van der Waals surface area contributed by atoms with Crippen molar-refractivity contribution in [3.05, 3.63) is 133 Å². The molecule has 8 heterocycles. The van der Waals surface area contributed by atoms with Crippen LogP contribution >= 0.6 is 0 Å². The number of benzene rings is 3. The molecule has 0 radical (unpaired) electrons. The molecule has 0 unspecified atom stereocenters. The van der Waals surface area contributed by atoms with Gasteiger partial charge in [0.15, 0.2) is 5.82 Å². The van der Waals surface area contributed by atoms with Crippen LogP contribution in [0.1, 0.15) is 103 Å². The van der Waals surface area contributed by atoms with Crippen LogP contribution in [0.25, 0.3) is 39.0 Å². The van der Waals surface area contributed by atoms with Crippen molar-refractivity contribution < 1.29 is 23.2 Å². The van der Waals surface area contributed by atoms with E-state index in [1.165, 1.54) is 5.56 Å². The molecule has 2 fully saturated rings. The number of ether oxygens (including phenoxy) is 2. The highest BCUT2D eigenvalue weighted by atomic mass is 19.1. The Morgan fingerprint density at radius 1 is 0.924 bits per heavy atom. The van der Waals surface area contributed by atoms with Gasteiger partial charge >= 0.3 is 11.4 Å². The Bertz CT molecular complexity index is 3430. The maximum atomic E-state index is 15.6. The average Bonchev–Trinajstić information content (AvgIpc) is 3.94. The molecule has 4 atom stereocenters. The first-order chi connectivity index (χ1) is 31.7. The number of H-pyrrole nitrogens is 1. The predicted molar refractivity (Wildman–Crippen MR) is 242 cm³/mol. The highest BCUT2D eigenvalue weighted by molar-refractivity contribution is 6.00. The Labute approximate surface area is 377 Å². The van der Waals surface area contributed by atoms with Gasteiger partial charge in [0.2, 0.25) is 0 Å². The van der Waals surface area contributed by atoms with Crippen molar-refractivity contribution in [1.29, 1.82) is 0 Å². The summed E-state index contributed by atoms with van der Waals surface area (Å²) in [5.41, 5.74) is 5.41. The Morgan fingerprint density at radius 2 is 1.71 bits per heavy atom. The van der Waals surface area contributed by atoms with Crippen LogP contribution in [0.3, 0.4) is 0 Å². The highest BCUT2D eigenvalue weighted by Crippen LogP contribution is 2.56. The third-order valence-corrected chi connectivity index (χ3v) is 14.6. The van der Waals surface area contributed by atoms with Gasteiger partial charge in [-0.05, 0) is 119 Å². The number of carbonyl (C=O) groups is 1. The molecule has 1 amide bonds. The van der Waals surface area contributed by atoms with Crippen molar-refractivity contribution in [1.82, 2.24) is 48.3 Å². The number of aromatic amines is 1. The van der Waals surface area contributed by atoms with Gasteiger partial charge in [-0.3, -0.25) is 28.1 Å². The zero-order chi connectivity index (χ0) is 45.6. The van der Waals surface area contributed by atoms with Crippen molar-refractivity contribution in [2.45, 2.75) is 96.9 Å². The Kier molecular flexibility index (Phi) is 8.74. The topological polar surface area (TPSA) is 165 Å². The van der Waals surface area contributed by atoms with Crippen molar-refractivity contribution in [3.63, 3.8) is 0 Å². The summed E-state index contributed by atoms with van der Waals surface area (Å²) in [6, 6.07) is 15.0. The minimum Gasteiger partial charge on any atom is -0.489 e. The van der Waals surface area contributed by atoms with Gasteiger partial charge in [0.25, 0.3) is 5.91 Å². The van der Waals surface area contributed by atoms with E-state index >= 15 is 9.18 Å². The molecular weight excluding hydrogens is 844 g/mol. The zero-order valence-corrected chi connectivity index (χ0v) is 37.6. The third-order valence-electron chi connectivity index (χ3n) is 14.6. The summed E-state index contributed by atoms with van der Waals surface area (Å²) >= 11 is 0. The molecule has 1 aliphatic carbocycles. The monoisotopic (exact) mass is 892 g/mol. The minimum absolute atomic E-state index is 0.0208. The largest absolute Gasteiger partial charge is 0.489 e. The normalized spacial score (nSPS) is 22.2. The summed E-state index contributed by atoms with van der Waals surface area (Å²) in [4.78, 5) is 47.6. The second-order valence-electron chi connectivity index (χ2n) is 19.3. The first-order valence-corrected chi connectivity index (χ1v) is 22.7. The molecule has 338 valence electrons. The van der Waals surface area contributed by atoms with Crippen LogP contribution in [0.4, 0.5) is 4.39 Å². The van der Waals surface area contributed by atoms with E-state index in [1.807, 2.05) is 34.7 Å². The molecule has 1 saturated heterocycles. The molecule has 66 heavy (non-hydrogen) atoms. The first kappa shape index (κ1) is 40.5. The number of nitrogens with zero attached hydrogens (tertiary/aromatic N) is 9. The van der Waals surface area contributed by atoms with Crippen LogP contribution in [-0.2, 0) is 23.2 Å². The van der Waals surface area contributed by atoms with E-state index < -0.39 is 17.3 Å². The lowest BCUT2D eigenvalue weighted by Gasteiger charge is -2.35. The molecule has 17 heteroatoms. The van der Waals surface area contributed by atoms with Gasteiger partial charge in [-0.15, -0.1) is 0 Å². The summed E-state index contributed by atoms with van der Waals surface area (Å²) in [6.45, 7) is 13.8. The van der Waals surface area contributed by atoms with E-state index in [1.54, 1.807) is 58.4 Å². The number of aromatic nitrogens is 9. The molecule has 12 rings (SSSR count). The Morgan fingerprint density at radius 3 is 2.45 bits per heavy atom. The van der Waals surface area contributed by atoms with Crippen molar-refractivity contribution in [2.75, 3.05) is 19.8 Å². The molecule has 0 bridgehead atoms. The van der Waals surface area contributed by atoms with E-state index in [2.05, 4.69) is 58.8 Å². The number of aryl methyl sites for hydroxylation is 2. The van der Waals surface area contributed by atoms with Gasteiger partial charge in [-0.2, -0.15) is 10.2 Å². The van der Waals surface area contributed by atoms with Crippen molar-refractivity contribution >= 4 is 27.7 Å². The summed E-state index contributed by atoms with van der Waals surface area (Å²) < 4.78 is 41.1. The van der Waals surface area contributed by atoms with E-state index in [9.17, 15) is 9.59 Å². The number of fused-ring (bicyclic) bond motifs is 2. The van der Waals surface area contributed by atoms with Crippen LogP contribution in [-0.4, -0.2) is 79.6 Å². The fourth-order valence-electron chi connectivity index (χ4n) is 11.3. The standard InChI is InChI=1S/C49H49FN10O6/c1-26-17-35(18-27(2)41(26)50)60-43(57-13-12-56(47(57)63)34-20-33-25-51-58-14-16-64-39(22-34)42(33)58)40-29(4)55(11-9-36(40)53-60)44(61)38-21-32-19-30(31-10-15-65-48(5,6)24-31)7-8-37(32)59(38)49(23-28(49)3)45-52-46(62)66-54-45/h7-8,12-13,17-22,25,28-29,31H,9-11,14-16,23-24H2,1-6H3,(H,52,54,62)/t28-,29-,31-,49-/m0/s1. The molecule has 1 saturated carbocycles. The van der Waals surface area contributed by atoms with E-state index in [0.29, 0.717) is 90.3 Å².